The van der Waals surface area contributed by atoms with Gasteiger partial charge in [0.15, 0.2) is 11.3 Å². The van der Waals surface area contributed by atoms with E-state index in [-0.39, 0.29) is 24.9 Å². The maximum Gasteiger partial charge on any atom is 0.322 e. The van der Waals surface area contributed by atoms with Crippen molar-refractivity contribution in [1.82, 2.24) is 10.6 Å². The highest BCUT2D eigenvalue weighted by Gasteiger charge is 2.42. The Morgan fingerprint density at radius 2 is 1.29 bits per heavy atom. The van der Waals surface area contributed by atoms with Crippen LogP contribution in [0.5, 0.6) is 17.2 Å². The number of hydrogen-bond acceptors (Lipinski definition) is 8. The summed E-state index contributed by atoms with van der Waals surface area (Å²) >= 11 is 9.94. The lowest BCUT2D eigenvalue weighted by atomic mass is 10.1. The molecule has 0 spiro atoms. The average Bonchev–Trinajstić information content (AvgIpc) is 3.73. The van der Waals surface area contributed by atoms with E-state index >= 15 is 0 Å². The van der Waals surface area contributed by atoms with Crippen molar-refractivity contribution < 1.29 is 38.4 Å². The number of carbonyl (C=O) groups is 3. The number of aliphatic hydroxyl groups is 1. The minimum atomic E-state index is -1.01. The van der Waals surface area contributed by atoms with E-state index in [1.165, 1.54) is 6.92 Å². The molecule has 2 aliphatic heterocycles. The third-order valence-electron chi connectivity index (χ3n) is 5.52. The molecule has 5 rings (SSSR count). The number of epoxide rings is 1. The van der Waals surface area contributed by atoms with Crippen molar-refractivity contribution in [3.8, 4) is 17.2 Å². The molecule has 0 saturated carbocycles. The van der Waals surface area contributed by atoms with Gasteiger partial charge in [-0.15, -0.1) is 0 Å². The fourth-order valence-electron chi connectivity index (χ4n) is 3.00. The van der Waals surface area contributed by atoms with Gasteiger partial charge in [0.2, 0.25) is 0 Å². The molecule has 2 saturated heterocycles. The van der Waals surface area contributed by atoms with Crippen molar-refractivity contribution in [2.75, 3.05) is 26.4 Å². The summed E-state index contributed by atoms with van der Waals surface area (Å²) in [6, 6.07) is 21.6. The van der Waals surface area contributed by atoms with E-state index in [1.54, 1.807) is 26.0 Å². The lowest BCUT2D eigenvalue weighted by Crippen LogP contribution is -2.48. The lowest BCUT2D eigenvalue weighted by molar-refractivity contribution is -0.124. The van der Waals surface area contributed by atoms with Crippen LogP contribution < -0.4 is 24.8 Å². The van der Waals surface area contributed by atoms with Gasteiger partial charge in [0.25, 0.3) is 5.91 Å². The third-order valence-corrected chi connectivity index (χ3v) is 7.11. The van der Waals surface area contributed by atoms with E-state index in [1.807, 2.05) is 60.7 Å². The fourth-order valence-corrected chi connectivity index (χ4v) is 3.79. The Kier molecular flexibility index (Phi) is 16.6. The molecule has 3 N–H and O–H groups in total. The summed E-state index contributed by atoms with van der Waals surface area (Å²) in [6.07, 6.45) is 0.161. The van der Waals surface area contributed by atoms with E-state index in [4.69, 9.17) is 24.1 Å². The van der Waals surface area contributed by atoms with E-state index in [9.17, 15) is 14.4 Å². The Bertz CT molecular complexity index is 1350. The van der Waals surface area contributed by atoms with Gasteiger partial charge in [-0.2, -0.15) is 0 Å². The maximum atomic E-state index is 11.5. The molecule has 3 atom stereocenters. The molecule has 3 aromatic rings. The summed E-state index contributed by atoms with van der Waals surface area (Å²) in [4.78, 5) is 33.1. The Labute approximate surface area is 288 Å². The van der Waals surface area contributed by atoms with Gasteiger partial charge in [-0.3, -0.25) is 14.9 Å². The van der Waals surface area contributed by atoms with Gasteiger partial charge in [-0.05, 0) is 100 Å². The summed E-state index contributed by atoms with van der Waals surface area (Å²) < 4.78 is 23.5. The fraction of sp³-hybridized carbons (Fsp3) is 0.344. The molecule has 3 aromatic carbocycles. The number of aliphatic hydroxyl groups excluding tert-OH is 1. The van der Waals surface area contributed by atoms with Crippen molar-refractivity contribution in [3.05, 3.63) is 86.2 Å². The van der Waals surface area contributed by atoms with E-state index in [2.05, 4.69) is 65.3 Å². The standard InChI is InChI=1S/C11H11BrN2O3.C9H11BrO2.C9H9BrO2.C3H6O/c1-11(9(15)13-10(16)14-11)6-17-8-4-2-7(12)3-5-8;2*1-7(11)6-12-9-4-2-8(10)3-5-9;1-3-2-4-3/h2-5H,6H2,1H3,(H2,13,14,15,16);2-5,7,11H,6H2,1H3;2-5H,6H2,1H3;3H,2H2,1H3. The lowest BCUT2D eigenvalue weighted by Gasteiger charge is -2.20. The summed E-state index contributed by atoms with van der Waals surface area (Å²) in [5.41, 5.74) is -1.01. The smallest absolute Gasteiger partial charge is 0.322 e. The number of halogens is 3. The van der Waals surface area contributed by atoms with Crippen molar-refractivity contribution in [2.24, 2.45) is 0 Å². The highest BCUT2D eigenvalue weighted by Crippen LogP contribution is 2.19. The molecule has 3 amide bonds. The molecular formula is C32H37Br3N2O8. The SMILES string of the molecule is CC(=O)COc1ccc(Br)cc1.CC(O)COc1ccc(Br)cc1.CC1(COc2ccc(Br)cc2)NC(=O)NC1=O.CC1CO1. The normalized spacial score (nSPS) is 18.2. The molecule has 0 aromatic heterocycles. The number of carbonyl (C=O) groups excluding carboxylic acids is 3. The highest BCUT2D eigenvalue weighted by atomic mass is 79.9. The van der Waals surface area contributed by atoms with Crippen LogP contribution in [0.1, 0.15) is 27.7 Å². The first-order chi connectivity index (χ1) is 21.3. The second kappa shape index (κ2) is 19.5. The van der Waals surface area contributed by atoms with Gasteiger partial charge in [0.1, 0.15) is 37.1 Å². The Hall–Kier alpha value is -2.97. The predicted octanol–water partition coefficient (Wildman–Crippen LogP) is 6.46. The summed E-state index contributed by atoms with van der Waals surface area (Å²) in [5.74, 6) is 1.79. The number of nitrogens with one attached hydrogen (secondary N) is 2. The zero-order valence-corrected chi connectivity index (χ0v) is 30.1. The number of amides is 3. The second-order valence-corrected chi connectivity index (χ2v) is 12.9. The van der Waals surface area contributed by atoms with Crippen LogP contribution in [0.2, 0.25) is 0 Å². The molecule has 2 heterocycles. The van der Waals surface area contributed by atoms with Gasteiger partial charge in [0, 0.05) is 13.4 Å². The van der Waals surface area contributed by atoms with E-state index in [0.717, 1.165) is 25.8 Å². The van der Waals surface area contributed by atoms with Crippen molar-refractivity contribution in [1.29, 1.82) is 0 Å². The Balaban J connectivity index is 0.000000225. The molecule has 244 valence electrons. The topological polar surface area (TPSA) is 136 Å². The molecule has 13 heteroatoms. The van der Waals surface area contributed by atoms with Crippen LogP contribution in [-0.2, 0) is 14.3 Å². The molecule has 3 unspecified atom stereocenters. The summed E-state index contributed by atoms with van der Waals surface area (Å²) in [7, 11) is 0. The first-order valence-electron chi connectivity index (χ1n) is 13.8. The molecule has 10 nitrogen and oxygen atoms in total. The molecule has 45 heavy (non-hydrogen) atoms. The van der Waals surface area contributed by atoms with Crippen LogP contribution >= 0.6 is 47.8 Å². The zero-order valence-electron chi connectivity index (χ0n) is 25.4. The van der Waals surface area contributed by atoms with Crippen molar-refractivity contribution >= 4 is 65.5 Å². The number of benzene rings is 3. The monoisotopic (exact) mass is 814 g/mol. The van der Waals surface area contributed by atoms with Gasteiger partial charge in [-0.25, -0.2) is 4.79 Å². The first-order valence-corrected chi connectivity index (χ1v) is 16.2. The van der Waals surface area contributed by atoms with Crippen LogP contribution in [0.4, 0.5) is 4.79 Å². The summed E-state index contributed by atoms with van der Waals surface area (Å²) in [5, 5.41) is 13.6. The molecule has 0 radical (unpaired) electrons. The average molecular weight is 817 g/mol. The number of rotatable bonds is 9. The minimum Gasteiger partial charge on any atom is -0.491 e. The molecular weight excluding hydrogens is 780 g/mol. The van der Waals surface area contributed by atoms with Crippen LogP contribution in [0.3, 0.4) is 0 Å². The van der Waals surface area contributed by atoms with Gasteiger partial charge in [-0.1, -0.05) is 47.8 Å². The molecule has 0 bridgehead atoms. The largest absolute Gasteiger partial charge is 0.491 e. The number of ketones is 1. The van der Waals surface area contributed by atoms with Gasteiger partial charge in [0.05, 0.1) is 18.8 Å². The quantitative estimate of drug-likeness (QED) is 0.166. The maximum absolute atomic E-state index is 11.5. The molecule has 2 aliphatic rings. The van der Waals surface area contributed by atoms with E-state index < -0.39 is 17.7 Å². The number of Topliss-reactive ketones (excluding diaryl/α,β-unsaturated/α-hetero) is 1. The zero-order chi connectivity index (χ0) is 33.4. The number of imide groups is 1. The third kappa shape index (κ3) is 16.8. The van der Waals surface area contributed by atoms with E-state index in [0.29, 0.717) is 24.2 Å². The number of hydrogen-bond donors (Lipinski definition) is 3. The van der Waals surface area contributed by atoms with Crippen molar-refractivity contribution in [3.63, 3.8) is 0 Å². The van der Waals surface area contributed by atoms with Crippen LogP contribution in [-0.4, -0.2) is 67.0 Å². The summed E-state index contributed by atoms with van der Waals surface area (Å²) in [6.45, 7) is 8.42. The Morgan fingerprint density at radius 3 is 1.62 bits per heavy atom. The molecule has 0 aliphatic carbocycles. The molecule has 2 fully saturated rings. The first kappa shape index (κ1) is 38.2. The van der Waals surface area contributed by atoms with Crippen molar-refractivity contribution in [2.45, 2.75) is 45.4 Å². The van der Waals surface area contributed by atoms with Gasteiger partial charge >= 0.3 is 6.03 Å². The Morgan fingerprint density at radius 1 is 0.889 bits per heavy atom. The van der Waals surface area contributed by atoms with Crippen LogP contribution in [0, 0.1) is 0 Å². The number of urea groups is 1. The highest BCUT2D eigenvalue weighted by molar-refractivity contribution is 9.11. The number of ether oxygens (including phenoxy) is 4. The second-order valence-electron chi connectivity index (χ2n) is 10.2. The predicted molar refractivity (Wildman–Crippen MR) is 182 cm³/mol. The minimum absolute atomic E-state index is 0.0259. The van der Waals surface area contributed by atoms with Gasteiger partial charge < -0.3 is 29.4 Å². The van der Waals surface area contributed by atoms with Crippen LogP contribution in [0.25, 0.3) is 0 Å². The van der Waals surface area contributed by atoms with Crippen LogP contribution in [0.15, 0.2) is 86.2 Å².